The Balaban J connectivity index is 1.61. The second-order valence-electron chi connectivity index (χ2n) is 5.97. The lowest BCUT2D eigenvalue weighted by molar-refractivity contribution is 0.00598. The summed E-state index contributed by atoms with van der Waals surface area (Å²) < 4.78 is 7.53. The van der Waals surface area contributed by atoms with Gasteiger partial charge in [-0.05, 0) is 43.5 Å². The normalized spacial score (nSPS) is 21.7. The molecule has 1 saturated heterocycles. The zero-order valence-corrected chi connectivity index (χ0v) is 13.3. The predicted molar refractivity (Wildman–Crippen MR) is 87.7 cm³/mol. The molecule has 118 valence electrons. The summed E-state index contributed by atoms with van der Waals surface area (Å²) in [7, 11) is 1.88. The van der Waals surface area contributed by atoms with Gasteiger partial charge in [-0.15, -0.1) is 0 Å². The van der Waals surface area contributed by atoms with Crippen molar-refractivity contribution in [3.8, 4) is 11.4 Å². The highest BCUT2D eigenvalue weighted by molar-refractivity contribution is 5.59. The standard InChI is InChI=1S/C17H24N4O/c1-3-4-16-11-15(9-10-22-16)19-14-7-5-13(6-8-14)17-18-12-21(2)20-17/h5-8,12,15-16,19H,3-4,9-11H2,1-2H3/t15-,16-/m1/s1. The molecule has 22 heavy (non-hydrogen) atoms. The van der Waals surface area contributed by atoms with Crippen LogP contribution >= 0.6 is 0 Å². The number of rotatable bonds is 5. The number of ether oxygens (including phenoxy) is 1. The maximum absolute atomic E-state index is 5.81. The highest BCUT2D eigenvalue weighted by Crippen LogP contribution is 2.23. The van der Waals surface area contributed by atoms with Crippen molar-refractivity contribution in [3.63, 3.8) is 0 Å². The van der Waals surface area contributed by atoms with Gasteiger partial charge in [-0.3, -0.25) is 4.68 Å². The second kappa shape index (κ2) is 6.92. The average molecular weight is 300 g/mol. The van der Waals surface area contributed by atoms with Crippen LogP contribution in [0.1, 0.15) is 32.6 Å². The number of benzene rings is 1. The van der Waals surface area contributed by atoms with Crippen molar-refractivity contribution < 1.29 is 4.74 Å². The molecule has 2 heterocycles. The first kappa shape index (κ1) is 15.0. The second-order valence-corrected chi connectivity index (χ2v) is 5.97. The highest BCUT2D eigenvalue weighted by Gasteiger charge is 2.21. The molecule has 5 heteroatoms. The van der Waals surface area contributed by atoms with Gasteiger partial charge in [0.2, 0.25) is 0 Å². The summed E-state index contributed by atoms with van der Waals surface area (Å²) in [5.74, 6) is 0.767. The third-order valence-corrected chi connectivity index (χ3v) is 4.09. The molecule has 5 nitrogen and oxygen atoms in total. The maximum Gasteiger partial charge on any atom is 0.181 e. The van der Waals surface area contributed by atoms with Crippen LogP contribution in [0.15, 0.2) is 30.6 Å². The van der Waals surface area contributed by atoms with E-state index < -0.39 is 0 Å². The van der Waals surface area contributed by atoms with Gasteiger partial charge < -0.3 is 10.1 Å². The number of nitrogens with one attached hydrogen (secondary N) is 1. The van der Waals surface area contributed by atoms with Gasteiger partial charge in [-0.1, -0.05) is 13.3 Å². The molecule has 1 aliphatic rings. The summed E-state index contributed by atoms with van der Waals surface area (Å²) in [5, 5.41) is 7.95. The minimum atomic E-state index is 0.410. The summed E-state index contributed by atoms with van der Waals surface area (Å²) in [6, 6.07) is 8.86. The molecule has 1 aromatic carbocycles. The molecular weight excluding hydrogens is 276 g/mol. The molecule has 2 atom stereocenters. The molecule has 0 saturated carbocycles. The quantitative estimate of drug-likeness (QED) is 0.921. The lowest BCUT2D eigenvalue weighted by Gasteiger charge is -2.30. The lowest BCUT2D eigenvalue weighted by atomic mass is 10.00. The van der Waals surface area contributed by atoms with Crippen molar-refractivity contribution in [1.29, 1.82) is 0 Å². The summed E-state index contributed by atoms with van der Waals surface area (Å²) in [4.78, 5) is 4.28. The molecule has 1 N–H and O–H groups in total. The number of hydrogen-bond acceptors (Lipinski definition) is 4. The molecule has 0 amide bonds. The lowest BCUT2D eigenvalue weighted by Crippen LogP contribution is -2.33. The van der Waals surface area contributed by atoms with Gasteiger partial charge in [0.15, 0.2) is 5.82 Å². The van der Waals surface area contributed by atoms with E-state index in [1.807, 2.05) is 7.05 Å². The number of nitrogens with zero attached hydrogens (tertiary/aromatic N) is 3. The molecule has 1 fully saturated rings. The SMILES string of the molecule is CCC[C@@H]1C[C@H](Nc2ccc(-c3ncn(C)n3)cc2)CCO1. The van der Waals surface area contributed by atoms with Crippen LogP contribution in [0.4, 0.5) is 5.69 Å². The fourth-order valence-electron chi connectivity index (χ4n) is 2.96. The molecule has 0 unspecified atom stereocenters. The minimum absolute atomic E-state index is 0.410. The maximum atomic E-state index is 5.81. The van der Waals surface area contributed by atoms with E-state index in [-0.39, 0.29) is 0 Å². The van der Waals surface area contributed by atoms with Crippen molar-refractivity contribution in [2.24, 2.45) is 7.05 Å². The molecular formula is C17H24N4O. The molecule has 3 rings (SSSR count). The third-order valence-electron chi connectivity index (χ3n) is 4.09. The van der Waals surface area contributed by atoms with Gasteiger partial charge in [-0.25, -0.2) is 4.98 Å². The van der Waals surface area contributed by atoms with Crippen LogP contribution in [0, 0.1) is 0 Å². The van der Waals surface area contributed by atoms with Crippen LogP contribution in [-0.2, 0) is 11.8 Å². The van der Waals surface area contributed by atoms with E-state index in [1.165, 1.54) is 6.42 Å². The Morgan fingerprint density at radius 2 is 2.14 bits per heavy atom. The van der Waals surface area contributed by atoms with E-state index in [0.717, 1.165) is 42.9 Å². The number of anilines is 1. The van der Waals surface area contributed by atoms with Crippen molar-refractivity contribution in [1.82, 2.24) is 14.8 Å². The van der Waals surface area contributed by atoms with E-state index in [1.54, 1.807) is 11.0 Å². The van der Waals surface area contributed by atoms with Crippen LogP contribution in [0.5, 0.6) is 0 Å². The van der Waals surface area contributed by atoms with Crippen LogP contribution in [-0.4, -0.2) is 33.5 Å². The molecule has 0 radical (unpaired) electrons. The number of aromatic nitrogens is 3. The number of hydrogen-bond donors (Lipinski definition) is 1. The van der Waals surface area contributed by atoms with Gasteiger partial charge in [0.05, 0.1) is 6.10 Å². The summed E-state index contributed by atoms with van der Waals surface area (Å²) in [6.07, 6.45) is 6.64. The Bertz CT molecular complexity index is 591. The van der Waals surface area contributed by atoms with Crippen molar-refractivity contribution in [2.75, 3.05) is 11.9 Å². The predicted octanol–water partition coefficient (Wildman–Crippen LogP) is 3.24. The summed E-state index contributed by atoms with van der Waals surface area (Å²) >= 11 is 0. The fourth-order valence-corrected chi connectivity index (χ4v) is 2.96. The Labute approximate surface area is 131 Å². The molecule has 2 aromatic rings. The fraction of sp³-hybridized carbons (Fsp3) is 0.529. The van der Waals surface area contributed by atoms with Crippen LogP contribution in [0.3, 0.4) is 0 Å². The summed E-state index contributed by atoms with van der Waals surface area (Å²) in [5.41, 5.74) is 2.20. The molecule has 1 aliphatic heterocycles. The molecule has 0 bridgehead atoms. The zero-order valence-electron chi connectivity index (χ0n) is 13.3. The average Bonchev–Trinajstić information content (AvgIpc) is 2.95. The van der Waals surface area contributed by atoms with Crippen LogP contribution in [0.2, 0.25) is 0 Å². The van der Waals surface area contributed by atoms with Gasteiger partial charge in [0, 0.05) is 30.9 Å². The largest absolute Gasteiger partial charge is 0.382 e. The van der Waals surface area contributed by atoms with Crippen molar-refractivity contribution >= 4 is 5.69 Å². The van der Waals surface area contributed by atoms with Crippen molar-refractivity contribution in [2.45, 2.75) is 44.8 Å². The third kappa shape index (κ3) is 3.65. The smallest absolute Gasteiger partial charge is 0.181 e. The first-order chi connectivity index (χ1) is 10.7. The van der Waals surface area contributed by atoms with E-state index in [4.69, 9.17) is 4.74 Å². The Morgan fingerprint density at radius 1 is 1.32 bits per heavy atom. The first-order valence-electron chi connectivity index (χ1n) is 8.09. The molecule has 0 aliphatic carbocycles. The van der Waals surface area contributed by atoms with E-state index in [0.29, 0.717) is 12.1 Å². The molecule has 0 spiro atoms. The first-order valence-corrected chi connectivity index (χ1v) is 8.09. The van der Waals surface area contributed by atoms with E-state index in [9.17, 15) is 0 Å². The van der Waals surface area contributed by atoms with Gasteiger partial charge in [0.25, 0.3) is 0 Å². The Kier molecular flexibility index (Phi) is 4.73. The zero-order chi connectivity index (χ0) is 15.4. The van der Waals surface area contributed by atoms with E-state index >= 15 is 0 Å². The summed E-state index contributed by atoms with van der Waals surface area (Å²) in [6.45, 7) is 3.07. The Morgan fingerprint density at radius 3 is 2.82 bits per heavy atom. The Hall–Kier alpha value is -1.88. The highest BCUT2D eigenvalue weighted by atomic mass is 16.5. The van der Waals surface area contributed by atoms with Crippen LogP contribution in [0.25, 0.3) is 11.4 Å². The van der Waals surface area contributed by atoms with Gasteiger partial charge >= 0.3 is 0 Å². The minimum Gasteiger partial charge on any atom is -0.382 e. The molecule has 1 aromatic heterocycles. The van der Waals surface area contributed by atoms with Gasteiger partial charge in [-0.2, -0.15) is 5.10 Å². The van der Waals surface area contributed by atoms with Crippen LogP contribution < -0.4 is 5.32 Å². The van der Waals surface area contributed by atoms with Crippen molar-refractivity contribution in [3.05, 3.63) is 30.6 Å². The number of aryl methyl sites for hydroxylation is 1. The van der Waals surface area contributed by atoms with Gasteiger partial charge in [0.1, 0.15) is 6.33 Å². The topological polar surface area (TPSA) is 52.0 Å². The van der Waals surface area contributed by atoms with E-state index in [2.05, 4.69) is 46.6 Å². The monoisotopic (exact) mass is 300 g/mol.